The van der Waals surface area contributed by atoms with Crippen LogP contribution < -0.4 is 9.62 Å². The van der Waals surface area contributed by atoms with Crippen LogP contribution in [-0.2, 0) is 31.1 Å². The molecular weight excluding hydrogens is 541 g/mol. The van der Waals surface area contributed by atoms with Gasteiger partial charge in [0.15, 0.2) is 9.84 Å². The van der Waals surface area contributed by atoms with Crippen LogP contribution in [0, 0.1) is 5.82 Å². The van der Waals surface area contributed by atoms with E-state index < -0.39 is 49.7 Å². The van der Waals surface area contributed by atoms with Crippen molar-refractivity contribution in [3.8, 4) is 11.3 Å². The lowest BCUT2D eigenvalue weighted by molar-refractivity contribution is -0.136. The van der Waals surface area contributed by atoms with Crippen LogP contribution >= 0.6 is 0 Å². The van der Waals surface area contributed by atoms with E-state index in [0.717, 1.165) is 10.6 Å². The number of carbonyl (C=O) groups is 2. The van der Waals surface area contributed by atoms with E-state index in [1.54, 1.807) is 6.07 Å². The Labute approximate surface area is 219 Å². The number of pyridine rings is 1. The van der Waals surface area contributed by atoms with Crippen LogP contribution in [0.25, 0.3) is 22.4 Å². The molecule has 3 aromatic rings. The minimum absolute atomic E-state index is 0.00609. The summed E-state index contributed by atoms with van der Waals surface area (Å²) in [5, 5.41) is 11.6. The first-order chi connectivity index (χ1) is 17.7. The summed E-state index contributed by atoms with van der Waals surface area (Å²) in [6, 6.07) is 6.88. The van der Waals surface area contributed by atoms with Crippen molar-refractivity contribution in [3.05, 3.63) is 47.3 Å². The highest BCUT2D eigenvalue weighted by Gasteiger charge is 2.26. The third-order valence-corrected chi connectivity index (χ3v) is 8.78. The zero-order valence-electron chi connectivity index (χ0n) is 21.0. The van der Waals surface area contributed by atoms with Gasteiger partial charge in [0.2, 0.25) is 15.7 Å². The highest BCUT2D eigenvalue weighted by Crippen LogP contribution is 2.36. The summed E-state index contributed by atoms with van der Waals surface area (Å²) in [6.07, 6.45) is 1.26. The van der Waals surface area contributed by atoms with Crippen molar-refractivity contribution in [2.75, 3.05) is 36.2 Å². The van der Waals surface area contributed by atoms with Crippen molar-refractivity contribution in [3.63, 3.8) is 0 Å². The van der Waals surface area contributed by atoms with Crippen LogP contribution in [0.1, 0.15) is 35.2 Å². The topological polar surface area (TPSA) is 164 Å². The lowest BCUT2D eigenvalue weighted by Gasteiger charge is -2.19. The number of aryl methyl sites for hydroxylation is 1. The van der Waals surface area contributed by atoms with Gasteiger partial charge in [-0.2, -0.15) is 4.98 Å². The Bertz CT molecular complexity index is 1570. The number of halogens is 1. The fourth-order valence-corrected chi connectivity index (χ4v) is 5.61. The van der Waals surface area contributed by atoms with Gasteiger partial charge >= 0.3 is 5.97 Å². The third kappa shape index (κ3) is 6.86. The van der Waals surface area contributed by atoms with Crippen LogP contribution in [0.3, 0.4) is 0 Å². The van der Waals surface area contributed by atoms with Gasteiger partial charge in [0, 0.05) is 19.7 Å². The number of benzene rings is 1. The number of unbranched alkanes of at least 4 members (excludes halogenated alkanes) is 1. The molecule has 0 fully saturated rings. The molecule has 2 aromatic heterocycles. The third-order valence-electron chi connectivity index (χ3n) is 5.87. The Morgan fingerprint density at radius 1 is 1.11 bits per heavy atom. The second-order valence-electron chi connectivity index (χ2n) is 8.70. The van der Waals surface area contributed by atoms with Gasteiger partial charge in [0.25, 0.3) is 5.91 Å². The highest BCUT2D eigenvalue weighted by atomic mass is 32.2. The van der Waals surface area contributed by atoms with Crippen molar-refractivity contribution in [1.29, 1.82) is 0 Å². The summed E-state index contributed by atoms with van der Waals surface area (Å²) in [6.45, 7) is 0. The minimum atomic E-state index is -3.74. The number of sulfonamides is 1. The molecule has 0 saturated carbocycles. The number of rotatable bonds is 12. The van der Waals surface area contributed by atoms with E-state index in [-0.39, 0.29) is 41.4 Å². The maximum atomic E-state index is 13.5. The first-order valence-electron chi connectivity index (χ1n) is 11.5. The molecule has 14 heteroatoms. The smallest absolute Gasteiger partial charge is 0.304 e. The number of aromatic nitrogens is 1. The number of nitrogens with zero attached hydrogens (tertiary/aromatic N) is 2. The average molecular weight is 570 g/mol. The van der Waals surface area contributed by atoms with E-state index >= 15 is 0 Å². The van der Waals surface area contributed by atoms with Crippen molar-refractivity contribution in [1.82, 2.24) is 10.3 Å². The number of anilines is 1. The molecule has 1 aromatic carbocycles. The molecule has 0 aliphatic rings. The molecule has 0 aliphatic carbocycles. The molecule has 206 valence electrons. The summed E-state index contributed by atoms with van der Waals surface area (Å²) < 4.78 is 69.2. The van der Waals surface area contributed by atoms with Crippen LogP contribution in [0.5, 0.6) is 0 Å². The molecule has 0 atom stereocenters. The molecule has 11 nitrogen and oxygen atoms in total. The first-order valence-corrected chi connectivity index (χ1v) is 15.2. The van der Waals surface area contributed by atoms with Gasteiger partial charge in [-0.25, -0.2) is 21.2 Å². The molecule has 38 heavy (non-hydrogen) atoms. The molecule has 1 amide bonds. The molecule has 3 rings (SSSR count). The monoisotopic (exact) mass is 569 g/mol. The quantitative estimate of drug-likeness (QED) is 0.312. The number of hydrogen-bond donors (Lipinski definition) is 2. The summed E-state index contributed by atoms with van der Waals surface area (Å²) >= 11 is 0. The predicted molar refractivity (Wildman–Crippen MR) is 140 cm³/mol. The summed E-state index contributed by atoms with van der Waals surface area (Å²) in [4.78, 5) is 27.9. The summed E-state index contributed by atoms with van der Waals surface area (Å²) in [7, 11) is -4.56. The minimum Gasteiger partial charge on any atom is -0.481 e. The van der Waals surface area contributed by atoms with E-state index in [1.165, 1.54) is 38.4 Å². The zero-order chi connectivity index (χ0) is 28.3. The van der Waals surface area contributed by atoms with E-state index in [1.807, 2.05) is 0 Å². The second kappa shape index (κ2) is 11.5. The zero-order valence-corrected chi connectivity index (χ0v) is 22.7. The lowest BCUT2D eigenvalue weighted by atomic mass is 10.0. The maximum absolute atomic E-state index is 13.5. The van der Waals surface area contributed by atoms with Gasteiger partial charge in [-0.3, -0.25) is 13.9 Å². The number of hydrogen-bond acceptors (Lipinski definition) is 8. The van der Waals surface area contributed by atoms with E-state index in [4.69, 9.17) is 9.52 Å². The number of carboxylic acid groups (broad SMARTS) is 1. The molecule has 0 bridgehead atoms. The van der Waals surface area contributed by atoms with Gasteiger partial charge in [0.05, 0.1) is 35.1 Å². The molecule has 0 unspecified atom stereocenters. The number of sulfone groups is 1. The van der Waals surface area contributed by atoms with Crippen LogP contribution in [0.2, 0.25) is 0 Å². The number of nitrogens with one attached hydrogen (secondary N) is 1. The largest absolute Gasteiger partial charge is 0.481 e. The first kappa shape index (κ1) is 29.0. The normalized spacial score (nSPS) is 12.0. The number of furan rings is 1. The van der Waals surface area contributed by atoms with Crippen molar-refractivity contribution in [2.45, 2.75) is 25.7 Å². The van der Waals surface area contributed by atoms with Gasteiger partial charge in [-0.1, -0.05) is 0 Å². The van der Waals surface area contributed by atoms with E-state index in [0.29, 0.717) is 22.9 Å². The van der Waals surface area contributed by atoms with Crippen molar-refractivity contribution in [2.24, 2.45) is 0 Å². The summed E-state index contributed by atoms with van der Waals surface area (Å²) in [5.74, 6) is -2.68. The molecule has 0 aliphatic heterocycles. The number of fused-ring (bicyclic) bond motifs is 1. The lowest BCUT2D eigenvalue weighted by Crippen LogP contribution is -2.27. The Balaban J connectivity index is 2.04. The molecule has 2 heterocycles. The van der Waals surface area contributed by atoms with Gasteiger partial charge in [-0.15, -0.1) is 0 Å². The molecule has 2 N–H and O–H groups in total. The Hall–Kier alpha value is -3.52. The van der Waals surface area contributed by atoms with E-state index in [9.17, 15) is 30.8 Å². The van der Waals surface area contributed by atoms with Crippen LogP contribution in [-0.4, -0.2) is 70.7 Å². The number of amides is 1. The SMILES string of the molecule is CNC(=O)c1c(-c2ccc(F)cc2)oc2nc(N(C)S(C)(=O)=O)c(CCCCS(=O)(=O)CCC(=O)O)cc12. The van der Waals surface area contributed by atoms with Gasteiger partial charge < -0.3 is 14.8 Å². The molecule has 0 radical (unpaired) electrons. The molecule has 0 spiro atoms. The average Bonchev–Trinajstić information content (AvgIpc) is 3.22. The van der Waals surface area contributed by atoms with Gasteiger partial charge in [-0.05, 0) is 55.2 Å². The Morgan fingerprint density at radius 2 is 1.76 bits per heavy atom. The number of carbonyl (C=O) groups excluding carboxylic acids is 1. The maximum Gasteiger partial charge on any atom is 0.304 e. The fraction of sp³-hybridized carbons (Fsp3) is 0.375. The van der Waals surface area contributed by atoms with Crippen LogP contribution in [0.4, 0.5) is 10.2 Å². The number of aliphatic carboxylic acids is 1. The number of carboxylic acids is 1. The van der Waals surface area contributed by atoms with E-state index in [2.05, 4.69) is 10.3 Å². The van der Waals surface area contributed by atoms with Crippen molar-refractivity contribution < 1.29 is 40.3 Å². The molecule has 0 saturated heterocycles. The Morgan fingerprint density at radius 3 is 2.34 bits per heavy atom. The molecular formula is C24H28FN3O8S2. The van der Waals surface area contributed by atoms with Gasteiger partial charge in [0.1, 0.15) is 17.4 Å². The van der Waals surface area contributed by atoms with Crippen molar-refractivity contribution >= 4 is 48.7 Å². The second-order valence-corrected chi connectivity index (χ2v) is 13.0. The predicted octanol–water partition coefficient (Wildman–Crippen LogP) is 2.60. The standard InChI is InChI=1S/C24H28FN3O8S2/c1-26-23(31)20-18-14-16(6-4-5-12-38(34,35)13-11-19(29)30)22(28(2)37(3,32)33)27-24(18)36-21(20)15-7-9-17(25)10-8-15/h7-10,14H,4-6,11-13H2,1-3H3,(H,26,31)(H,29,30). The highest BCUT2D eigenvalue weighted by molar-refractivity contribution is 7.92. The van der Waals surface area contributed by atoms with Crippen LogP contribution in [0.15, 0.2) is 34.7 Å². The summed E-state index contributed by atoms with van der Waals surface area (Å²) in [5.41, 5.74) is 0.972. The Kier molecular flexibility index (Phi) is 8.77. The fourth-order valence-electron chi connectivity index (χ4n) is 3.81.